The lowest BCUT2D eigenvalue weighted by atomic mass is 10.1. The Hall–Kier alpha value is -1.06. The van der Waals surface area contributed by atoms with E-state index in [1.165, 1.54) is 5.56 Å². The molecule has 1 aromatic rings. The predicted octanol–water partition coefficient (Wildman–Crippen LogP) is 1.90. The molecule has 0 saturated heterocycles. The van der Waals surface area contributed by atoms with E-state index in [2.05, 4.69) is 0 Å². The summed E-state index contributed by atoms with van der Waals surface area (Å²) in [5.41, 5.74) is 2.34. The van der Waals surface area contributed by atoms with Gasteiger partial charge in [-0.3, -0.25) is 0 Å². The van der Waals surface area contributed by atoms with Crippen LogP contribution in [0.3, 0.4) is 0 Å². The van der Waals surface area contributed by atoms with Gasteiger partial charge in [0.2, 0.25) is 0 Å². The lowest BCUT2D eigenvalue weighted by Crippen LogP contribution is -2.01. The normalized spacial score (nSPS) is 10.3. The second-order valence-corrected chi connectivity index (χ2v) is 3.45. The highest BCUT2D eigenvalue weighted by molar-refractivity contribution is 5.34. The van der Waals surface area contributed by atoms with E-state index in [4.69, 9.17) is 14.6 Å². The van der Waals surface area contributed by atoms with Crippen molar-refractivity contribution >= 4 is 0 Å². The Bertz CT molecular complexity index is 297. The summed E-state index contributed by atoms with van der Waals surface area (Å²) in [6, 6.07) is 5.94. The van der Waals surface area contributed by atoms with Gasteiger partial charge in [0, 0.05) is 20.1 Å². The number of benzene rings is 1. The van der Waals surface area contributed by atoms with Gasteiger partial charge in [0.25, 0.3) is 0 Å². The van der Waals surface area contributed by atoms with E-state index in [0.717, 1.165) is 11.3 Å². The Morgan fingerprint density at radius 3 is 2.80 bits per heavy atom. The van der Waals surface area contributed by atoms with Gasteiger partial charge in [0.15, 0.2) is 0 Å². The summed E-state index contributed by atoms with van der Waals surface area (Å²) in [6.45, 7) is 3.36. The molecule has 0 unspecified atom stereocenters. The van der Waals surface area contributed by atoms with Crippen LogP contribution < -0.4 is 4.74 Å². The average molecular weight is 210 g/mol. The summed E-state index contributed by atoms with van der Waals surface area (Å²) < 4.78 is 10.6. The van der Waals surface area contributed by atoms with E-state index in [1.807, 2.05) is 25.1 Å². The highest BCUT2D eigenvalue weighted by Crippen LogP contribution is 2.18. The Morgan fingerprint density at radius 2 is 2.13 bits per heavy atom. The number of ether oxygens (including phenoxy) is 2. The molecule has 0 atom stereocenters. The predicted molar refractivity (Wildman–Crippen MR) is 59.1 cm³/mol. The summed E-state index contributed by atoms with van der Waals surface area (Å²) >= 11 is 0. The fourth-order valence-corrected chi connectivity index (χ4v) is 1.30. The van der Waals surface area contributed by atoms with Crippen molar-refractivity contribution in [2.24, 2.45) is 0 Å². The van der Waals surface area contributed by atoms with Crippen LogP contribution in [-0.4, -0.2) is 25.4 Å². The molecule has 0 radical (unpaired) electrons. The molecule has 0 aliphatic rings. The molecule has 0 spiro atoms. The first-order valence-corrected chi connectivity index (χ1v) is 5.10. The third kappa shape index (κ3) is 3.90. The SMILES string of the molecule is COCc1cc(OCCCO)ccc1C. The lowest BCUT2D eigenvalue weighted by Gasteiger charge is -2.09. The summed E-state index contributed by atoms with van der Waals surface area (Å²) in [5, 5.41) is 8.63. The Balaban J connectivity index is 2.61. The molecule has 0 heterocycles. The molecule has 1 N–H and O–H groups in total. The zero-order valence-corrected chi connectivity index (χ0v) is 9.32. The first-order chi connectivity index (χ1) is 7.27. The van der Waals surface area contributed by atoms with Crippen LogP contribution in [0.4, 0.5) is 0 Å². The molecule has 0 aliphatic heterocycles. The van der Waals surface area contributed by atoms with Crippen molar-refractivity contribution in [3.8, 4) is 5.75 Å². The molecule has 0 bridgehead atoms. The molecule has 3 nitrogen and oxygen atoms in total. The number of aliphatic hydroxyl groups excluding tert-OH is 1. The van der Waals surface area contributed by atoms with Gasteiger partial charge in [-0.2, -0.15) is 0 Å². The molecule has 15 heavy (non-hydrogen) atoms. The van der Waals surface area contributed by atoms with E-state index in [0.29, 0.717) is 19.6 Å². The average Bonchev–Trinajstić information content (AvgIpc) is 2.23. The van der Waals surface area contributed by atoms with Gasteiger partial charge in [-0.25, -0.2) is 0 Å². The fourth-order valence-electron chi connectivity index (χ4n) is 1.30. The third-order valence-corrected chi connectivity index (χ3v) is 2.19. The number of aliphatic hydroxyl groups is 1. The molecule has 0 aromatic heterocycles. The van der Waals surface area contributed by atoms with Gasteiger partial charge in [0.1, 0.15) is 5.75 Å². The van der Waals surface area contributed by atoms with Crippen molar-refractivity contribution in [2.75, 3.05) is 20.3 Å². The van der Waals surface area contributed by atoms with Gasteiger partial charge in [-0.05, 0) is 30.2 Å². The summed E-state index contributed by atoms with van der Waals surface area (Å²) in [6.07, 6.45) is 0.660. The minimum absolute atomic E-state index is 0.163. The van der Waals surface area contributed by atoms with E-state index >= 15 is 0 Å². The minimum atomic E-state index is 0.163. The summed E-state index contributed by atoms with van der Waals surface area (Å²) in [4.78, 5) is 0. The molecule has 0 saturated carbocycles. The van der Waals surface area contributed by atoms with Crippen LogP contribution in [0.5, 0.6) is 5.75 Å². The second-order valence-electron chi connectivity index (χ2n) is 3.45. The van der Waals surface area contributed by atoms with Crippen molar-refractivity contribution in [1.29, 1.82) is 0 Å². The number of rotatable bonds is 6. The first-order valence-electron chi connectivity index (χ1n) is 5.10. The largest absolute Gasteiger partial charge is 0.493 e. The topological polar surface area (TPSA) is 38.7 Å². The minimum Gasteiger partial charge on any atom is -0.493 e. The smallest absolute Gasteiger partial charge is 0.119 e. The number of hydrogen-bond acceptors (Lipinski definition) is 3. The molecular weight excluding hydrogens is 192 g/mol. The van der Waals surface area contributed by atoms with Crippen molar-refractivity contribution in [2.45, 2.75) is 20.0 Å². The second kappa shape index (κ2) is 6.43. The lowest BCUT2D eigenvalue weighted by molar-refractivity contribution is 0.183. The number of aryl methyl sites for hydroxylation is 1. The van der Waals surface area contributed by atoms with Crippen molar-refractivity contribution in [3.63, 3.8) is 0 Å². The quantitative estimate of drug-likeness (QED) is 0.729. The Morgan fingerprint density at radius 1 is 1.33 bits per heavy atom. The number of hydrogen-bond donors (Lipinski definition) is 1. The van der Waals surface area contributed by atoms with Gasteiger partial charge >= 0.3 is 0 Å². The fraction of sp³-hybridized carbons (Fsp3) is 0.500. The maximum Gasteiger partial charge on any atom is 0.119 e. The van der Waals surface area contributed by atoms with Crippen molar-refractivity contribution in [1.82, 2.24) is 0 Å². The molecule has 0 fully saturated rings. The van der Waals surface area contributed by atoms with E-state index < -0.39 is 0 Å². The van der Waals surface area contributed by atoms with Crippen LogP contribution in [0.2, 0.25) is 0 Å². The highest BCUT2D eigenvalue weighted by atomic mass is 16.5. The van der Waals surface area contributed by atoms with E-state index in [9.17, 15) is 0 Å². The Labute approximate surface area is 90.6 Å². The van der Waals surface area contributed by atoms with Crippen LogP contribution in [0, 0.1) is 6.92 Å². The first kappa shape index (κ1) is 12.0. The zero-order chi connectivity index (χ0) is 11.1. The monoisotopic (exact) mass is 210 g/mol. The number of methoxy groups -OCH3 is 1. The van der Waals surface area contributed by atoms with Crippen LogP contribution >= 0.6 is 0 Å². The standard InChI is InChI=1S/C12H18O3/c1-10-4-5-12(15-7-3-6-13)8-11(10)9-14-2/h4-5,8,13H,3,6-7,9H2,1-2H3. The van der Waals surface area contributed by atoms with Crippen molar-refractivity contribution < 1.29 is 14.6 Å². The van der Waals surface area contributed by atoms with Gasteiger partial charge < -0.3 is 14.6 Å². The molecule has 0 aliphatic carbocycles. The van der Waals surface area contributed by atoms with E-state index in [-0.39, 0.29) is 6.61 Å². The summed E-state index contributed by atoms with van der Waals surface area (Å²) in [7, 11) is 1.68. The molecule has 1 aromatic carbocycles. The molecule has 3 heteroatoms. The van der Waals surface area contributed by atoms with Crippen molar-refractivity contribution in [3.05, 3.63) is 29.3 Å². The molecule has 84 valence electrons. The van der Waals surface area contributed by atoms with Gasteiger partial charge in [-0.1, -0.05) is 6.07 Å². The Kier molecular flexibility index (Phi) is 5.15. The van der Waals surface area contributed by atoms with Gasteiger partial charge in [-0.15, -0.1) is 0 Å². The van der Waals surface area contributed by atoms with Crippen LogP contribution in [0.25, 0.3) is 0 Å². The van der Waals surface area contributed by atoms with E-state index in [1.54, 1.807) is 7.11 Å². The third-order valence-electron chi connectivity index (χ3n) is 2.19. The molecule has 1 rings (SSSR count). The molecular formula is C12H18O3. The summed E-state index contributed by atoms with van der Waals surface area (Å²) in [5.74, 6) is 0.834. The maximum atomic E-state index is 8.63. The zero-order valence-electron chi connectivity index (χ0n) is 9.32. The van der Waals surface area contributed by atoms with Crippen LogP contribution in [0.1, 0.15) is 17.5 Å². The highest BCUT2D eigenvalue weighted by Gasteiger charge is 2.00. The molecule has 0 amide bonds. The maximum absolute atomic E-state index is 8.63. The van der Waals surface area contributed by atoms with Crippen LogP contribution in [0.15, 0.2) is 18.2 Å². The van der Waals surface area contributed by atoms with Crippen LogP contribution in [-0.2, 0) is 11.3 Å². The van der Waals surface area contributed by atoms with Gasteiger partial charge in [0.05, 0.1) is 13.2 Å².